The Balaban J connectivity index is 1.08. The molecule has 2 amide bonds. The van der Waals surface area contributed by atoms with Crippen molar-refractivity contribution >= 4 is 50.9 Å². The second-order valence-corrected chi connectivity index (χ2v) is 10.6. The first-order chi connectivity index (χ1) is 20.4. The number of likely N-dealkylation sites (N-methyl/N-ethyl adjacent to an activating group) is 1. The zero-order chi connectivity index (χ0) is 29.5. The van der Waals surface area contributed by atoms with Crippen LogP contribution in [0.1, 0.15) is 28.8 Å². The van der Waals surface area contributed by atoms with E-state index < -0.39 is 5.91 Å². The molecule has 8 nitrogen and oxygen atoms in total. The van der Waals surface area contributed by atoms with Gasteiger partial charge in [-0.05, 0) is 48.4 Å². The topological polar surface area (TPSA) is 113 Å². The van der Waals surface area contributed by atoms with Crippen LogP contribution in [0, 0.1) is 0 Å². The van der Waals surface area contributed by atoms with Crippen molar-refractivity contribution in [1.82, 2.24) is 20.2 Å². The first kappa shape index (κ1) is 29.0. The number of benzene rings is 3. The second kappa shape index (κ2) is 13.4. The summed E-state index contributed by atoms with van der Waals surface area (Å²) in [6.07, 6.45) is 4.69. The summed E-state index contributed by atoms with van der Waals surface area (Å²) < 4.78 is 0. The number of hydrogen-bond donors (Lipinski definition) is 3. The monoisotopic (exact) mass is 580 g/mol. The van der Waals surface area contributed by atoms with Gasteiger partial charge in [0.2, 0.25) is 11.8 Å². The van der Waals surface area contributed by atoms with Crippen LogP contribution in [0.4, 0.5) is 5.82 Å². The lowest BCUT2D eigenvalue weighted by molar-refractivity contribution is -0.129. The molecule has 2 aromatic heterocycles. The van der Waals surface area contributed by atoms with E-state index in [4.69, 9.17) is 22.3 Å². The number of rotatable bonds is 12. The number of carbonyl (C=O) groups excluding carboxylic acids is 2. The van der Waals surface area contributed by atoms with Crippen LogP contribution >= 0.6 is 11.6 Å². The Hall–Kier alpha value is -4.53. The van der Waals surface area contributed by atoms with Crippen LogP contribution in [0.3, 0.4) is 0 Å². The van der Waals surface area contributed by atoms with Crippen LogP contribution in [0.25, 0.3) is 32.8 Å². The molecule has 0 aliphatic heterocycles. The number of carbonyl (C=O) groups is 2. The zero-order valence-corrected chi connectivity index (χ0v) is 24.2. The van der Waals surface area contributed by atoms with Crippen molar-refractivity contribution in [2.45, 2.75) is 19.4 Å². The molecular formula is C33H33ClN6O2. The third kappa shape index (κ3) is 6.84. The fourth-order valence-corrected chi connectivity index (χ4v) is 5.22. The minimum Gasteiger partial charge on any atom is -0.368 e. The quantitative estimate of drug-likeness (QED) is 0.130. The summed E-state index contributed by atoms with van der Waals surface area (Å²) >= 11 is 6.53. The van der Waals surface area contributed by atoms with E-state index in [-0.39, 0.29) is 5.91 Å². The Morgan fingerprint density at radius 3 is 2.57 bits per heavy atom. The highest BCUT2D eigenvalue weighted by molar-refractivity contribution is 6.33. The molecule has 0 radical (unpaired) electrons. The molecule has 0 saturated heterocycles. The van der Waals surface area contributed by atoms with Gasteiger partial charge in [0.05, 0.1) is 5.52 Å². The number of nitrogens with zero attached hydrogens (tertiary/aromatic N) is 3. The van der Waals surface area contributed by atoms with E-state index in [0.29, 0.717) is 43.0 Å². The van der Waals surface area contributed by atoms with Crippen LogP contribution in [0.15, 0.2) is 85.2 Å². The van der Waals surface area contributed by atoms with E-state index in [0.717, 1.165) is 50.8 Å². The molecule has 214 valence electrons. The minimum absolute atomic E-state index is 0.0838. The van der Waals surface area contributed by atoms with E-state index in [1.165, 1.54) is 0 Å². The van der Waals surface area contributed by atoms with E-state index in [9.17, 15) is 9.59 Å². The maximum Gasteiger partial charge on any atom is 0.248 e. The molecule has 42 heavy (non-hydrogen) atoms. The summed E-state index contributed by atoms with van der Waals surface area (Å²) in [6.45, 7) is 2.45. The molecule has 3 aromatic carbocycles. The zero-order valence-electron chi connectivity index (χ0n) is 23.4. The van der Waals surface area contributed by atoms with Crippen LogP contribution in [-0.2, 0) is 11.3 Å². The maximum atomic E-state index is 12.7. The standard InChI is InChI=1S/C33H33ClN6O2/c1-40(31(41)8-5-14-36-20-22-9-11-25(29(34)18-22)23-6-3-2-4-7-23)17-16-38-33-27-13-15-37-21-28(27)26-12-10-24(32(35)42)19-30(26)39-33/h2-4,6-7,9-13,15,18-19,21,36H,5,8,14,16-17,20H2,1H3,(H2,35,42)(H,38,39). The first-order valence-corrected chi connectivity index (χ1v) is 14.3. The molecule has 0 aliphatic rings. The summed E-state index contributed by atoms with van der Waals surface area (Å²) in [5.41, 5.74) is 9.73. The van der Waals surface area contributed by atoms with Crippen molar-refractivity contribution in [3.8, 4) is 11.1 Å². The number of nitrogens with two attached hydrogens (primary N) is 1. The van der Waals surface area contributed by atoms with Crippen LogP contribution in [0.5, 0.6) is 0 Å². The van der Waals surface area contributed by atoms with Gasteiger partial charge in [-0.1, -0.05) is 60.1 Å². The molecule has 0 bridgehead atoms. The lowest BCUT2D eigenvalue weighted by Crippen LogP contribution is -2.32. The number of fused-ring (bicyclic) bond motifs is 3. The second-order valence-electron chi connectivity index (χ2n) is 10.2. The summed E-state index contributed by atoms with van der Waals surface area (Å²) in [5, 5.41) is 10.2. The van der Waals surface area contributed by atoms with Crippen LogP contribution < -0.4 is 16.4 Å². The average molecular weight is 581 g/mol. The molecule has 4 N–H and O–H groups in total. The molecule has 0 saturated carbocycles. The molecule has 0 spiro atoms. The van der Waals surface area contributed by atoms with Gasteiger partial charge in [0.25, 0.3) is 0 Å². The van der Waals surface area contributed by atoms with Crippen LogP contribution in [0.2, 0.25) is 5.02 Å². The van der Waals surface area contributed by atoms with Gasteiger partial charge in [-0.25, -0.2) is 4.98 Å². The van der Waals surface area contributed by atoms with Gasteiger partial charge >= 0.3 is 0 Å². The molecule has 5 aromatic rings. The van der Waals surface area contributed by atoms with Gasteiger partial charge in [0, 0.05) is 77.8 Å². The van der Waals surface area contributed by atoms with Crippen molar-refractivity contribution in [3.05, 3.63) is 101 Å². The van der Waals surface area contributed by atoms with Crippen molar-refractivity contribution < 1.29 is 9.59 Å². The van der Waals surface area contributed by atoms with Crippen molar-refractivity contribution in [2.75, 3.05) is 32.0 Å². The maximum absolute atomic E-state index is 12.7. The molecule has 0 atom stereocenters. The fourth-order valence-electron chi connectivity index (χ4n) is 4.91. The summed E-state index contributed by atoms with van der Waals surface area (Å²) in [7, 11) is 1.81. The SMILES string of the molecule is CN(CCNc1nc2cc(C(N)=O)ccc2c2cnccc12)C(=O)CCCNCc1ccc(-c2ccccc2)c(Cl)c1. The summed E-state index contributed by atoms with van der Waals surface area (Å²) in [4.78, 5) is 35.1. The largest absolute Gasteiger partial charge is 0.368 e. The van der Waals surface area contributed by atoms with Crippen molar-refractivity contribution in [1.29, 1.82) is 0 Å². The normalized spacial score (nSPS) is 11.1. The molecule has 5 rings (SSSR count). The Bertz CT molecular complexity index is 1730. The van der Waals surface area contributed by atoms with Gasteiger partial charge in [0.15, 0.2) is 0 Å². The van der Waals surface area contributed by atoms with E-state index in [2.05, 4.69) is 21.7 Å². The molecule has 2 heterocycles. The molecule has 0 unspecified atom stereocenters. The minimum atomic E-state index is -0.503. The highest BCUT2D eigenvalue weighted by atomic mass is 35.5. The van der Waals surface area contributed by atoms with E-state index in [1.807, 2.05) is 61.6 Å². The molecular weight excluding hydrogens is 548 g/mol. The van der Waals surface area contributed by atoms with Gasteiger partial charge in [-0.15, -0.1) is 0 Å². The molecule has 0 fully saturated rings. The van der Waals surface area contributed by atoms with Gasteiger partial charge in [-0.2, -0.15) is 0 Å². The first-order valence-electron chi connectivity index (χ1n) is 13.9. The third-order valence-corrected chi connectivity index (χ3v) is 7.55. The molecule has 9 heteroatoms. The number of nitrogens with one attached hydrogen (secondary N) is 2. The number of pyridine rings is 2. The Kier molecular flexibility index (Phi) is 9.26. The third-order valence-electron chi connectivity index (χ3n) is 7.24. The summed E-state index contributed by atoms with van der Waals surface area (Å²) in [5.74, 6) is 0.251. The molecule has 0 aliphatic carbocycles. The predicted molar refractivity (Wildman–Crippen MR) is 170 cm³/mol. The Morgan fingerprint density at radius 2 is 1.79 bits per heavy atom. The van der Waals surface area contributed by atoms with Crippen LogP contribution in [-0.4, -0.2) is 53.4 Å². The number of amides is 2. The number of hydrogen-bond acceptors (Lipinski definition) is 6. The summed E-state index contributed by atoms with van der Waals surface area (Å²) in [6, 6.07) is 23.3. The Labute approximate surface area is 249 Å². The highest BCUT2D eigenvalue weighted by Crippen LogP contribution is 2.30. The lowest BCUT2D eigenvalue weighted by atomic mass is 10.0. The number of halogens is 1. The number of anilines is 1. The van der Waals surface area contributed by atoms with Crippen molar-refractivity contribution in [3.63, 3.8) is 0 Å². The highest BCUT2D eigenvalue weighted by Gasteiger charge is 2.12. The van der Waals surface area contributed by atoms with Gasteiger partial charge in [-0.3, -0.25) is 14.6 Å². The van der Waals surface area contributed by atoms with Gasteiger partial charge in [0.1, 0.15) is 5.82 Å². The fraction of sp³-hybridized carbons (Fsp3) is 0.212. The number of primary amides is 1. The van der Waals surface area contributed by atoms with Gasteiger partial charge < -0.3 is 21.3 Å². The van der Waals surface area contributed by atoms with E-state index in [1.54, 1.807) is 29.4 Å². The Morgan fingerprint density at radius 1 is 0.952 bits per heavy atom. The average Bonchev–Trinajstić information content (AvgIpc) is 3.01. The van der Waals surface area contributed by atoms with Crippen molar-refractivity contribution in [2.24, 2.45) is 5.73 Å². The lowest BCUT2D eigenvalue weighted by Gasteiger charge is -2.18. The van der Waals surface area contributed by atoms with E-state index >= 15 is 0 Å². The number of aromatic nitrogens is 2. The smallest absolute Gasteiger partial charge is 0.248 e. The predicted octanol–water partition coefficient (Wildman–Crippen LogP) is 5.64.